The fourth-order valence-electron chi connectivity index (χ4n) is 4.70. The van der Waals surface area contributed by atoms with Crippen LogP contribution < -0.4 is 10.2 Å². The van der Waals surface area contributed by atoms with E-state index in [4.69, 9.17) is 0 Å². The fourth-order valence-corrected chi connectivity index (χ4v) is 5.96. The third-order valence-electron chi connectivity index (χ3n) is 6.80. The number of amides is 2. The number of unbranched alkanes of at least 4 members (excludes halogenated alkanes) is 1. The fraction of sp³-hybridized carbons (Fsp3) is 0.333. The normalized spacial score (nSPS) is 19.7. The predicted octanol–water partition coefficient (Wildman–Crippen LogP) is 6.48. The molecule has 1 aliphatic heterocycles. The molecule has 5 heteroatoms. The van der Waals surface area contributed by atoms with Gasteiger partial charge in [-0.15, -0.1) is 11.8 Å². The van der Waals surface area contributed by atoms with Crippen LogP contribution in [0.15, 0.2) is 78.9 Å². The zero-order valence-corrected chi connectivity index (χ0v) is 21.0. The van der Waals surface area contributed by atoms with E-state index in [1.165, 1.54) is 24.0 Å². The Morgan fingerprint density at radius 2 is 1.71 bits per heavy atom. The Kier molecular flexibility index (Phi) is 7.24. The van der Waals surface area contributed by atoms with Crippen molar-refractivity contribution in [3.63, 3.8) is 0 Å². The molecule has 1 N–H and O–H groups in total. The second-order valence-electron chi connectivity index (χ2n) is 9.53. The van der Waals surface area contributed by atoms with Crippen molar-refractivity contribution in [2.75, 3.05) is 11.4 Å². The summed E-state index contributed by atoms with van der Waals surface area (Å²) in [5.41, 5.74) is 5.23. The summed E-state index contributed by atoms with van der Waals surface area (Å²) in [6.45, 7) is 2.63. The van der Waals surface area contributed by atoms with Crippen LogP contribution in [0.25, 0.3) is 0 Å². The molecule has 1 heterocycles. The summed E-state index contributed by atoms with van der Waals surface area (Å²) < 4.78 is 0. The Bertz CT molecular complexity index is 1190. The molecular weight excluding hydrogens is 452 g/mol. The molecule has 2 atom stereocenters. The molecule has 35 heavy (non-hydrogen) atoms. The first kappa shape index (κ1) is 23.7. The van der Waals surface area contributed by atoms with E-state index in [0.29, 0.717) is 18.0 Å². The predicted molar refractivity (Wildman–Crippen MR) is 144 cm³/mol. The lowest BCUT2D eigenvalue weighted by Gasteiger charge is -2.25. The molecule has 0 aromatic heterocycles. The lowest BCUT2D eigenvalue weighted by Crippen LogP contribution is -2.30. The summed E-state index contributed by atoms with van der Waals surface area (Å²) in [5.74, 6) is 0.702. The van der Waals surface area contributed by atoms with E-state index < -0.39 is 0 Å². The first-order valence-corrected chi connectivity index (χ1v) is 13.5. The lowest BCUT2D eigenvalue weighted by molar-refractivity contribution is -0.117. The van der Waals surface area contributed by atoms with Gasteiger partial charge in [0.05, 0.1) is 5.25 Å². The molecule has 2 unspecified atom stereocenters. The van der Waals surface area contributed by atoms with E-state index in [1.807, 2.05) is 48.2 Å². The summed E-state index contributed by atoms with van der Waals surface area (Å²) >= 11 is 1.65. The number of nitrogens with one attached hydrogen (secondary N) is 1. The van der Waals surface area contributed by atoms with Crippen LogP contribution in [-0.2, 0) is 11.2 Å². The standard InChI is InChI=1S/C30H32N2O2S/c1-21-29(34)32(27-15-8-12-24(20-27)23-16-17-23)30(35-21)26-14-7-13-25(19-26)28(33)31-18-6-5-11-22-9-3-2-4-10-22/h2-4,7-10,12-15,19-21,23,30H,5-6,11,16-18H2,1H3,(H,31,33). The number of hydrogen-bond donors (Lipinski definition) is 1. The minimum absolute atomic E-state index is 0.0591. The van der Waals surface area contributed by atoms with Crippen LogP contribution in [0.3, 0.4) is 0 Å². The SMILES string of the molecule is CC1SC(c2cccc(C(=O)NCCCCc3ccccc3)c2)N(c2cccc(C3CC3)c2)C1=O. The van der Waals surface area contributed by atoms with Gasteiger partial charge in [-0.25, -0.2) is 0 Å². The van der Waals surface area contributed by atoms with E-state index >= 15 is 0 Å². The van der Waals surface area contributed by atoms with Gasteiger partial charge in [0, 0.05) is 17.8 Å². The average Bonchev–Trinajstić information content (AvgIpc) is 3.70. The zero-order valence-electron chi connectivity index (χ0n) is 20.2. The lowest BCUT2D eigenvalue weighted by atomic mass is 10.1. The number of anilines is 1. The summed E-state index contributed by atoms with van der Waals surface area (Å²) in [7, 11) is 0. The molecule has 0 bridgehead atoms. The number of benzene rings is 3. The van der Waals surface area contributed by atoms with Crippen LogP contribution in [-0.4, -0.2) is 23.6 Å². The van der Waals surface area contributed by atoms with Crippen molar-refractivity contribution in [3.8, 4) is 0 Å². The second kappa shape index (κ2) is 10.7. The van der Waals surface area contributed by atoms with E-state index in [2.05, 4.69) is 47.8 Å². The average molecular weight is 485 g/mol. The van der Waals surface area contributed by atoms with E-state index in [-0.39, 0.29) is 22.4 Å². The quantitative estimate of drug-likeness (QED) is 0.354. The third kappa shape index (κ3) is 5.62. The van der Waals surface area contributed by atoms with Crippen LogP contribution in [0, 0.1) is 0 Å². The first-order valence-electron chi connectivity index (χ1n) is 12.6. The van der Waals surface area contributed by atoms with Crippen LogP contribution in [0.5, 0.6) is 0 Å². The highest BCUT2D eigenvalue weighted by atomic mass is 32.2. The van der Waals surface area contributed by atoms with Crippen LogP contribution >= 0.6 is 11.8 Å². The van der Waals surface area contributed by atoms with Gasteiger partial charge < -0.3 is 5.32 Å². The van der Waals surface area contributed by atoms with E-state index in [9.17, 15) is 9.59 Å². The van der Waals surface area contributed by atoms with Gasteiger partial charge in [-0.2, -0.15) is 0 Å². The van der Waals surface area contributed by atoms with Gasteiger partial charge in [-0.1, -0.05) is 54.6 Å². The minimum atomic E-state index is -0.134. The molecule has 180 valence electrons. The maximum Gasteiger partial charge on any atom is 0.251 e. The van der Waals surface area contributed by atoms with E-state index in [0.717, 1.165) is 30.5 Å². The van der Waals surface area contributed by atoms with Crippen molar-refractivity contribution in [2.24, 2.45) is 0 Å². The number of thioether (sulfide) groups is 1. The topological polar surface area (TPSA) is 49.4 Å². The molecular formula is C30H32N2O2S. The Hall–Kier alpha value is -3.05. The molecule has 0 radical (unpaired) electrons. The number of aryl methyl sites for hydroxylation is 1. The minimum Gasteiger partial charge on any atom is -0.352 e. The number of carbonyl (C=O) groups is 2. The molecule has 5 rings (SSSR count). The van der Waals surface area contributed by atoms with Crippen molar-refractivity contribution in [1.29, 1.82) is 0 Å². The molecule has 1 saturated heterocycles. The summed E-state index contributed by atoms with van der Waals surface area (Å²) in [6, 6.07) is 26.6. The van der Waals surface area contributed by atoms with Crippen molar-refractivity contribution >= 4 is 29.3 Å². The van der Waals surface area contributed by atoms with Gasteiger partial charge in [-0.05, 0) is 85.9 Å². The van der Waals surface area contributed by atoms with Crippen LogP contribution in [0.1, 0.15) is 70.9 Å². The number of hydrogen-bond acceptors (Lipinski definition) is 3. The van der Waals surface area contributed by atoms with Gasteiger partial charge in [-0.3, -0.25) is 14.5 Å². The highest BCUT2D eigenvalue weighted by Gasteiger charge is 2.40. The highest BCUT2D eigenvalue weighted by Crippen LogP contribution is 2.47. The molecule has 1 saturated carbocycles. The Labute approximate surface area is 212 Å². The third-order valence-corrected chi connectivity index (χ3v) is 8.16. The van der Waals surface area contributed by atoms with Crippen molar-refractivity contribution < 1.29 is 9.59 Å². The molecule has 0 spiro atoms. The van der Waals surface area contributed by atoms with E-state index in [1.54, 1.807) is 11.8 Å². The van der Waals surface area contributed by atoms with Gasteiger partial charge in [0.1, 0.15) is 5.37 Å². The molecule has 3 aromatic carbocycles. The zero-order chi connectivity index (χ0) is 24.2. The van der Waals surface area contributed by atoms with Gasteiger partial charge in [0.25, 0.3) is 5.91 Å². The van der Waals surface area contributed by atoms with Crippen molar-refractivity contribution in [2.45, 2.75) is 55.6 Å². The van der Waals surface area contributed by atoms with Crippen LogP contribution in [0.4, 0.5) is 5.69 Å². The van der Waals surface area contributed by atoms with Crippen LogP contribution in [0.2, 0.25) is 0 Å². The largest absolute Gasteiger partial charge is 0.352 e. The number of carbonyl (C=O) groups excluding carboxylic acids is 2. The van der Waals surface area contributed by atoms with Gasteiger partial charge in [0.15, 0.2) is 0 Å². The summed E-state index contributed by atoms with van der Waals surface area (Å²) in [4.78, 5) is 27.9. The smallest absolute Gasteiger partial charge is 0.251 e. The monoisotopic (exact) mass is 484 g/mol. The highest BCUT2D eigenvalue weighted by molar-refractivity contribution is 8.01. The Morgan fingerprint density at radius 3 is 2.51 bits per heavy atom. The van der Waals surface area contributed by atoms with Gasteiger partial charge in [0.2, 0.25) is 5.91 Å². The maximum atomic E-state index is 13.1. The molecule has 4 nitrogen and oxygen atoms in total. The number of rotatable bonds is 9. The molecule has 1 aliphatic carbocycles. The first-order chi connectivity index (χ1) is 17.1. The Morgan fingerprint density at radius 1 is 0.943 bits per heavy atom. The van der Waals surface area contributed by atoms with Gasteiger partial charge >= 0.3 is 0 Å². The number of nitrogens with zero attached hydrogens (tertiary/aromatic N) is 1. The van der Waals surface area contributed by atoms with Crippen molar-refractivity contribution in [1.82, 2.24) is 5.32 Å². The van der Waals surface area contributed by atoms with Crippen molar-refractivity contribution in [3.05, 3.63) is 101 Å². The summed E-state index contributed by atoms with van der Waals surface area (Å²) in [5, 5.41) is 2.81. The molecule has 3 aromatic rings. The maximum absolute atomic E-state index is 13.1. The molecule has 2 fully saturated rings. The Balaban J connectivity index is 1.24. The summed E-state index contributed by atoms with van der Waals surface area (Å²) in [6.07, 6.45) is 5.47. The molecule has 2 aliphatic rings. The molecule has 2 amide bonds. The second-order valence-corrected chi connectivity index (χ2v) is 11.0.